The van der Waals surface area contributed by atoms with Gasteiger partial charge >= 0.3 is 5.97 Å². The van der Waals surface area contributed by atoms with Crippen LogP contribution in [-0.4, -0.2) is 403 Å². The van der Waals surface area contributed by atoms with E-state index in [-0.39, 0.29) is 0 Å². The molecule has 7 rings (SSSR count). The zero-order valence-corrected chi connectivity index (χ0v) is 49.6. The molecular formula is C51H85N3O39. The lowest BCUT2D eigenvalue weighted by Gasteiger charge is -2.51. The molecule has 538 valence electrons. The topological polar surface area (TPSA) is 669 Å². The van der Waals surface area contributed by atoms with Crippen molar-refractivity contribution < 1.29 is 193 Å². The summed E-state index contributed by atoms with van der Waals surface area (Å²) < 4.78 is 75.4. The van der Waals surface area contributed by atoms with Crippen LogP contribution in [0.15, 0.2) is 0 Å². The molecule has 0 bridgehead atoms. The number of rotatable bonds is 25. The molecule has 0 aromatic heterocycles. The molecule has 7 saturated heterocycles. The number of carbonyl (C=O) groups is 4. The fraction of sp³-hybridized carbons (Fsp3) is 0.922. The number of carbonyl (C=O) groups excluding carboxylic acids is 3. The highest BCUT2D eigenvalue weighted by atomic mass is 16.8. The Balaban J connectivity index is 1.25. The Kier molecular flexibility index (Phi) is 27.2. The van der Waals surface area contributed by atoms with Gasteiger partial charge in [-0.05, 0) is 0 Å². The van der Waals surface area contributed by atoms with E-state index in [4.69, 9.17) is 61.6 Å². The fourth-order valence-corrected chi connectivity index (χ4v) is 11.7. The summed E-state index contributed by atoms with van der Waals surface area (Å²) in [4.78, 5) is 51.4. The molecule has 42 nitrogen and oxygen atoms in total. The fourth-order valence-electron chi connectivity index (χ4n) is 11.7. The molecule has 7 aliphatic rings. The van der Waals surface area contributed by atoms with E-state index in [1.807, 2.05) is 0 Å². The number of aliphatic carboxylic acids is 1. The Hall–Kier alpha value is -3.48. The minimum absolute atomic E-state index is 0.867. The van der Waals surface area contributed by atoms with E-state index >= 15 is 0 Å². The molecule has 0 aromatic rings. The number of ether oxygens (including phenoxy) is 13. The number of hydrogen-bond acceptors (Lipinski definition) is 38. The van der Waals surface area contributed by atoms with Crippen molar-refractivity contribution in [1.29, 1.82) is 0 Å². The van der Waals surface area contributed by atoms with Crippen LogP contribution in [0.1, 0.15) is 27.2 Å². The Morgan fingerprint density at radius 3 is 1.34 bits per heavy atom. The average Bonchev–Trinajstić information content (AvgIpc) is 0.778. The van der Waals surface area contributed by atoms with Crippen LogP contribution in [0.25, 0.3) is 0 Å². The standard InChI is InChI=1S/C51H85N3O39/c1-12(60)52-23-15(63)4-51(50(79)80,93-42(23)26(65)16(64)5-55)82-11-22-41(91-48-37(76)33(72)28(67)18(7-57)85-48)31(70)25(54-14(3)62)46(88-22)92-43-29(68)21(87-49(38(43)77)90-40-19(8-58)83-44(78)35(74)34(40)73)10-81-45-24(53-13(2)61)30(69)39(20(9-59)86-45)89-47-36(75)32(71)27(66)17(6-56)84-47/h15-49,55-59,63-78H,4-11H2,1-3H3,(H,52,60)(H,53,61)(H,54,62)(H,79,80)/t15-,16+,17+,18+,19+,20+,21+,22+,23+,24+,25+,26+,27-,28-,29-,30+,31+,32-,33-,34+,35+,36+,37+,38+,39+,40+,41+,42+,43-,44?,45+,46-,47-,48-,49-,51+/m0/s1. The van der Waals surface area contributed by atoms with Crippen molar-refractivity contribution in [2.45, 2.75) is 248 Å². The van der Waals surface area contributed by atoms with E-state index in [9.17, 15) is 132 Å². The van der Waals surface area contributed by atoms with E-state index in [2.05, 4.69) is 16.0 Å². The van der Waals surface area contributed by atoms with Gasteiger partial charge in [-0.15, -0.1) is 0 Å². The van der Waals surface area contributed by atoms with Crippen LogP contribution in [0, 0.1) is 0 Å². The van der Waals surface area contributed by atoms with Gasteiger partial charge in [0.25, 0.3) is 5.79 Å². The molecule has 0 aromatic carbocycles. The molecule has 7 aliphatic heterocycles. The molecular weight excluding hydrogens is 1280 g/mol. The van der Waals surface area contributed by atoms with Crippen LogP contribution in [0.2, 0.25) is 0 Å². The summed E-state index contributed by atoms with van der Waals surface area (Å²) in [6.45, 7) is -4.83. The highest BCUT2D eigenvalue weighted by Gasteiger charge is 2.60. The third-order valence-electron chi connectivity index (χ3n) is 16.7. The lowest BCUT2D eigenvalue weighted by molar-refractivity contribution is -0.387. The highest BCUT2D eigenvalue weighted by Crippen LogP contribution is 2.39. The highest BCUT2D eigenvalue weighted by molar-refractivity contribution is 5.77. The van der Waals surface area contributed by atoms with Crippen molar-refractivity contribution in [1.82, 2.24) is 16.0 Å². The minimum atomic E-state index is -3.21. The van der Waals surface area contributed by atoms with E-state index < -0.39 is 297 Å². The third kappa shape index (κ3) is 17.0. The van der Waals surface area contributed by atoms with Crippen LogP contribution in [0.4, 0.5) is 0 Å². The molecule has 0 saturated carbocycles. The van der Waals surface area contributed by atoms with Gasteiger partial charge < -0.3 is 190 Å². The molecule has 3 amide bonds. The van der Waals surface area contributed by atoms with Crippen molar-refractivity contribution in [3.8, 4) is 0 Å². The van der Waals surface area contributed by atoms with Crippen molar-refractivity contribution >= 4 is 23.7 Å². The SMILES string of the molecule is CC(=O)N[C@H]1[C@H](OC[C@H]2O[C@@H](O[C@H]3[C@H](O)[C@@H](O)C(O)O[C@@H]3CO)[C@H](O)[C@@H](O[C@@H]3O[C@H](CO[C@]4(C(=O)O)C[C@H](O)[C@@H](NC(C)=O)[C@H]([C@H](O)[C@H](O)CO)O4)[C@@H](O[C@@H]4O[C@H](CO)[C@H](O)[C@H](O)[C@H]4O)[C@H](O)[C@H]3NC(C)=O)[C@H]2O)O[C@H](CO)[C@@H](O[C@@H]2O[C@H](CO)[C@H](O)[C@H](O)[C@H]2O)[C@@H]1O. The van der Waals surface area contributed by atoms with E-state index in [0.29, 0.717) is 0 Å². The summed E-state index contributed by atoms with van der Waals surface area (Å²) in [5.41, 5.74) is 0. The zero-order valence-electron chi connectivity index (χ0n) is 49.6. The molecule has 0 aliphatic carbocycles. The molecule has 0 spiro atoms. The summed E-state index contributed by atoms with van der Waals surface area (Å²) in [5.74, 6) is -8.07. The van der Waals surface area contributed by atoms with Gasteiger partial charge in [0.1, 0.15) is 165 Å². The number of amides is 3. The van der Waals surface area contributed by atoms with E-state index in [1.54, 1.807) is 0 Å². The first-order chi connectivity index (χ1) is 43.8. The van der Waals surface area contributed by atoms with Crippen LogP contribution in [0.3, 0.4) is 0 Å². The summed E-state index contributed by atoms with van der Waals surface area (Å²) >= 11 is 0. The first kappa shape index (κ1) is 76.9. The largest absolute Gasteiger partial charge is 0.477 e. The van der Waals surface area contributed by atoms with Gasteiger partial charge in [0.2, 0.25) is 17.7 Å². The van der Waals surface area contributed by atoms with E-state index in [0.717, 1.165) is 20.8 Å². The van der Waals surface area contributed by atoms with E-state index in [1.165, 1.54) is 0 Å². The summed E-state index contributed by atoms with van der Waals surface area (Å²) in [7, 11) is 0. The third-order valence-corrected chi connectivity index (χ3v) is 16.7. The molecule has 0 radical (unpaired) electrons. The smallest absolute Gasteiger partial charge is 0.364 e. The normalized spacial score (nSPS) is 47.2. The van der Waals surface area contributed by atoms with Gasteiger partial charge in [-0.3, -0.25) is 14.4 Å². The van der Waals surface area contributed by atoms with Crippen LogP contribution in [0.5, 0.6) is 0 Å². The summed E-state index contributed by atoms with van der Waals surface area (Å²) in [6, 6.07) is -5.59. The van der Waals surface area contributed by atoms with Gasteiger partial charge in [0, 0.05) is 27.2 Å². The van der Waals surface area contributed by atoms with Crippen LogP contribution >= 0.6 is 0 Å². The second kappa shape index (κ2) is 32.9. The number of carboxylic acids is 1. The predicted octanol–water partition coefficient (Wildman–Crippen LogP) is -16.6. The number of nitrogens with one attached hydrogen (secondary N) is 3. The molecule has 1 unspecified atom stereocenters. The Morgan fingerprint density at radius 1 is 0.441 bits per heavy atom. The van der Waals surface area contributed by atoms with Crippen molar-refractivity contribution in [2.75, 3.05) is 46.2 Å². The maximum absolute atomic E-state index is 13.3. The first-order valence-corrected chi connectivity index (χ1v) is 29.2. The summed E-state index contributed by atoms with van der Waals surface area (Å²) in [5, 5.41) is 245. The van der Waals surface area contributed by atoms with Gasteiger partial charge in [-0.25, -0.2) is 4.79 Å². The Morgan fingerprint density at radius 2 is 0.860 bits per heavy atom. The van der Waals surface area contributed by atoms with Crippen molar-refractivity contribution in [3.05, 3.63) is 0 Å². The average molecular weight is 1360 g/mol. The summed E-state index contributed by atoms with van der Waals surface area (Å²) in [6.07, 6.45) is -67.9. The number of hydrogen-bond donors (Lipinski definition) is 25. The lowest BCUT2D eigenvalue weighted by atomic mass is 9.88. The Bertz CT molecular complexity index is 2410. The zero-order chi connectivity index (χ0) is 69.0. The molecule has 36 atom stereocenters. The van der Waals surface area contributed by atoms with Gasteiger partial charge in [0.05, 0.1) is 58.4 Å². The second-order valence-electron chi connectivity index (χ2n) is 23.3. The maximum Gasteiger partial charge on any atom is 0.364 e. The number of carboxylic acid groups (broad SMARTS) is 1. The minimum Gasteiger partial charge on any atom is -0.477 e. The lowest BCUT2D eigenvalue weighted by Crippen LogP contribution is -2.71. The van der Waals surface area contributed by atoms with Crippen molar-refractivity contribution in [2.24, 2.45) is 0 Å². The quantitative estimate of drug-likeness (QED) is 0.0404. The first-order valence-electron chi connectivity index (χ1n) is 29.2. The van der Waals surface area contributed by atoms with Crippen molar-refractivity contribution in [3.63, 3.8) is 0 Å². The molecule has 93 heavy (non-hydrogen) atoms. The van der Waals surface area contributed by atoms with Gasteiger partial charge in [0.15, 0.2) is 37.7 Å². The Labute approximate surface area is 525 Å². The maximum atomic E-state index is 13.3. The predicted molar refractivity (Wildman–Crippen MR) is 284 cm³/mol. The van der Waals surface area contributed by atoms with Crippen LogP contribution in [-0.2, 0) is 80.8 Å². The van der Waals surface area contributed by atoms with Crippen LogP contribution < -0.4 is 16.0 Å². The number of aliphatic hydroxyl groups is 21. The second-order valence-corrected chi connectivity index (χ2v) is 23.3. The molecule has 25 N–H and O–H groups in total. The molecule has 7 heterocycles. The molecule has 42 heteroatoms. The monoisotopic (exact) mass is 1360 g/mol. The number of aliphatic hydroxyl groups excluding tert-OH is 21. The molecule has 7 fully saturated rings. The van der Waals surface area contributed by atoms with Gasteiger partial charge in [-0.1, -0.05) is 0 Å². The van der Waals surface area contributed by atoms with Gasteiger partial charge in [-0.2, -0.15) is 0 Å².